The average Bonchev–Trinajstić information content (AvgIpc) is 2.73. The molecule has 4 nitrogen and oxygen atoms in total. The normalized spacial score (nSPS) is 16.4. The number of fused-ring (bicyclic) bond motifs is 1. The van der Waals surface area contributed by atoms with E-state index in [4.69, 9.17) is 0 Å². The van der Waals surface area contributed by atoms with Gasteiger partial charge in [0.15, 0.2) is 0 Å². The molecule has 0 amide bonds. The summed E-state index contributed by atoms with van der Waals surface area (Å²) >= 11 is 0. The van der Waals surface area contributed by atoms with E-state index in [-0.39, 0.29) is 5.92 Å². The fourth-order valence-electron chi connectivity index (χ4n) is 3.91. The van der Waals surface area contributed by atoms with Gasteiger partial charge in [-0.3, -0.25) is 4.98 Å². The quantitative estimate of drug-likeness (QED) is 0.779. The molecule has 1 aliphatic rings. The predicted molar refractivity (Wildman–Crippen MR) is 103 cm³/mol. The molecule has 26 heavy (non-hydrogen) atoms. The Labute approximate surface area is 153 Å². The summed E-state index contributed by atoms with van der Waals surface area (Å²) in [6, 6.07) is 20.1. The first-order chi connectivity index (χ1) is 12.8. The van der Waals surface area contributed by atoms with Crippen LogP contribution in [0.1, 0.15) is 30.1 Å². The molecule has 4 rings (SSSR count). The van der Waals surface area contributed by atoms with Gasteiger partial charge >= 0.3 is 0 Å². The van der Waals surface area contributed by atoms with E-state index in [1.807, 2.05) is 54.6 Å². The van der Waals surface area contributed by atoms with Crippen LogP contribution in [0.25, 0.3) is 10.9 Å². The minimum atomic E-state index is -0.428. The van der Waals surface area contributed by atoms with E-state index < -0.39 is 6.10 Å². The molecule has 3 aromatic rings. The summed E-state index contributed by atoms with van der Waals surface area (Å²) in [6.07, 6.45) is 3.04. The number of rotatable bonds is 3. The smallest absolute Gasteiger partial charge is 0.103 e. The predicted octanol–water partition coefficient (Wildman–Crippen LogP) is 4.06. The van der Waals surface area contributed by atoms with E-state index in [1.54, 1.807) is 6.20 Å². The van der Waals surface area contributed by atoms with Gasteiger partial charge in [0.1, 0.15) is 6.07 Å². The molecule has 2 aromatic carbocycles. The molecule has 1 fully saturated rings. The van der Waals surface area contributed by atoms with E-state index in [0.717, 1.165) is 48.1 Å². The van der Waals surface area contributed by atoms with Gasteiger partial charge in [-0.25, -0.2) is 0 Å². The summed E-state index contributed by atoms with van der Waals surface area (Å²) in [4.78, 5) is 6.68. The molecule has 0 bridgehead atoms. The van der Waals surface area contributed by atoms with Crippen molar-refractivity contribution in [3.63, 3.8) is 0 Å². The highest BCUT2D eigenvalue weighted by atomic mass is 16.3. The number of aliphatic hydroxyl groups is 1. The van der Waals surface area contributed by atoms with Crippen LogP contribution in [0.3, 0.4) is 0 Å². The fourth-order valence-corrected chi connectivity index (χ4v) is 3.91. The second-order valence-corrected chi connectivity index (χ2v) is 6.83. The topological polar surface area (TPSA) is 60.2 Å². The monoisotopic (exact) mass is 343 g/mol. The number of hydrogen-bond donors (Lipinski definition) is 1. The van der Waals surface area contributed by atoms with Gasteiger partial charge in [-0.1, -0.05) is 48.5 Å². The summed E-state index contributed by atoms with van der Waals surface area (Å²) in [5.74, 6) is 0.243. The lowest BCUT2D eigenvalue weighted by Gasteiger charge is -2.36. The SMILES string of the molecule is N#Cc1cnc2ccccc2c1N1CCC(C(O)c2ccccc2)CC1. The van der Waals surface area contributed by atoms with E-state index in [2.05, 4.69) is 16.0 Å². The highest BCUT2D eigenvalue weighted by Gasteiger charge is 2.28. The number of pyridine rings is 1. The Morgan fingerprint density at radius 1 is 1.04 bits per heavy atom. The van der Waals surface area contributed by atoms with Crippen LogP contribution < -0.4 is 4.90 Å². The zero-order chi connectivity index (χ0) is 17.9. The molecule has 2 heterocycles. The molecule has 4 heteroatoms. The van der Waals surface area contributed by atoms with Crippen molar-refractivity contribution in [1.29, 1.82) is 5.26 Å². The van der Waals surface area contributed by atoms with Crippen LogP contribution in [0.5, 0.6) is 0 Å². The second-order valence-electron chi connectivity index (χ2n) is 6.83. The van der Waals surface area contributed by atoms with Gasteiger partial charge < -0.3 is 10.0 Å². The first-order valence-electron chi connectivity index (χ1n) is 9.03. The van der Waals surface area contributed by atoms with Gasteiger partial charge in [0.25, 0.3) is 0 Å². The standard InChI is InChI=1S/C22H21N3O/c23-14-18-15-24-20-9-5-4-8-19(20)21(18)25-12-10-17(11-13-25)22(26)16-6-2-1-3-7-16/h1-9,15,17,22,26H,10-13H2. The van der Waals surface area contributed by atoms with Crippen LogP contribution in [-0.2, 0) is 0 Å². The van der Waals surface area contributed by atoms with Crippen molar-refractivity contribution in [3.8, 4) is 6.07 Å². The van der Waals surface area contributed by atoms with Gasteiger partial charge in [-0.05, 0) is 30.4 Å². The average molecular weight is 343 g/mol. The number of benzene rings is 2. The summed E-state index contributed by atoms with van der Waals surface area (Å²) < 4.78 is 0. The van der Waals surface area contributed by atoms with E-state index in [0.29, 0.717) is 5.56 Å². The lowest BCUT2D eigenvalue weighted by molar-refractivity contribution is 0.0930. The molecule has 0 spiro atoms. The summed E-state index contributed by atoms with van der Waals surface area (Å²) in [5, 5.41) is 21.3. The maximum Gasteiger partial charge on any atom is 0.103 e. The number of nitrogens with zero attached hydrogens (tertiary/aromatic N) is 3. The molecule has 1 aromatic heterocycles. The molecule has 0 radical (unpaired) electrons. The number of aromatic nitrogens is 1. The molecular formula is C22H21N3O. The number of piperidine rings is 1. The maximum absolute atomic E-state index is 10.7. The van der Waals surface area contributed by atoms with E-state index in [1.165, 1.54) is 0 Å². The Kier molecular flexibility index (Phi) is 4.55. The second kappa shape index (κ2) is 7.15. The van der Waals surface area contributed by atoms with Crippen molar-refractivity contribution < 1.29 is 5.11 Å². The highest BCUT2D eigenvalue weighted by molar-refractivity contribution is 5.94. The first kappa shape index (κ1) is 16.6. The van der Waals surface area contributed by atoms with Crippen LogP contribution in [0.2, 0.25) is 0 Å². The van der Waals surface area contributed by atoms with E-state index >= 15 is 0 Å². The number of hydrogen-bond acceptors (Lipinski definition) is 4. The van der Waals surface area contributed by atoms with E-state index in [9.17, 15) is 10.4 Å². The molecule has 0 aliphatic carbocycles. The lowest BCUT2D eigenvalue weighted by Crippen LogP contribution is -2.36. The number of para-hydroxylation sites is 1. The maximum atomic E-state index is 10.7. The van der Waals surface area contributed by atoms with Gasteiger partial charge in [-0.15, -0.1) is 0 Å². The molecular weight excluding hydrogens is 322 g/mol. The molecule has 1 N–H and O–H groups in total. The minimum Gasteiger partial charge on any atom is -0.388 e. The molecule has 0 saturated carbocycles. The molecule has 130 valence electrons. The van der Waals surface area contributed by atoms with Crippen molar-refractivity contribution in [2.24, 2.45) is 5.92 Å². The Morgan fingerprint density at radius 2 is 1.73 bits per heavy atom. The largest absolute Gasteiger partial charge is 0.388 e. The zero-order valence-corrected chi connectivity index (χ0v) is 14.5. The van der Waals surface area contributed by atoms with Gasteiger partial charge in [0.05, 0.1) is 22.9 Å². The van der Waals surface area contributed by atoms with Gasteiger partial charge in [0, 0.05) is 24.7 Å². The number of nitriles is 1. The third-order valence-corrected chi connectivity index (χ3v) is 5.31. The van der Waals surface area contributed by atoms with Gasteiger partial charge in [0.2, 0.25) is 0 Å². The van der Waals surface area contributed by atoms with Crippen LogP contribution in [0.15, 0.2) is 60.8 Å². The lowest BCUT2D eigenvalue weighted by atomic mass is 9.87. The van der Waals surface area contributed by atoms with Crippen LogP contribution in [0, 0.1) is 17.2 Å². The van der Waals surface area contributed by atoms with Crippen molar-refractivity contribution in [1.82, 2.24) is 4.98 Å². The zero-order valence-electron chi connectivity index (χ0n) is 14.5. The molecule has 1 atom stereocenters. The summed E-state index contributed by atoms with van der Waals surface area (Å²) in [7, 11) is 0. The Morgan fingerprint density at radius 3 is 2.46 bits per heavy atom. The third-order valence-electron chi connectivity index (χ3n) is 5.31. The van der Waals surface area contributed by atoms with Crippen molar-refractivity contribution in [2.45, 2.75) is 18.9 Å². The highest BCUT2D eigenvalue weighted by Crippen LogP contribution is 2.36. The summed E-state index contributed by atoms with van der Waals surface area (Å²) in [6.45, 7) is 1.66. The van der Waals surface area contributed by atoms with Gasteiger partial charge in [-0.2, -0.15) is 5.26 Å². The summed E-state index contributed by atoms with van der Waals surface area (Å²) in [5.41, 5.74) is 3.49. The molecule has 1 unspecified atom stereocenters. The van der Waals surface area contributed by atoms with Crippen molar-refractivity contribution in [2.75, 3.05) is 18.0 Å². The molecule has 1 saturated heterocycles. The number of aliphatic hydroxyl groups excluding tert-OH is 1. The Bertz CT molecular complexity index is 941. The Hall–Kier alpha value is -2.90. The fraction of sp³-hybridized carbons (Fsp3) is 0.273. The van der Waals surface area contributed by atoms with Crippen LogP contribution in [0.4, 0.5) is 5.69 Å². The minimum absolute atomic E-state index is 0.243. The number of anilines is 1. The first-order valence-corrected chi connectivity index (χ1v) is 9.03. The third kappa shape index (κ3) is 3.02. The van der Waals surface area contributed by atoms with Crippen molar-refractivity contribution >= 4 is 16.6 Å². The molecule has 1 aliphatic heterocycles. The van der Waals surface area contributed by atoms with Crippen LogP contribution >= 0.6 is 0 Å². The van der Waals surface area contributed by atoms with Crippen molar-refractivity contribution in [3.05, 3.63) is 71.9 Å². The van der Waals surface area contributed by atoms with Crippen LogP contribution in [-0.4, -0.2) is 23.2 Å². The Balaban J connectivity index is 1.57.